The Morgan fingerprint density at radius 3 is 3.00 bits per heavy atom. The summed E-state index contributed by atoms with van der Waals surface area (Å²) < 4.78 is 11.8. The van der Waals surface area contributed by atoms with Gasteiger partial charge in [0.1, 0.15) is 23.6 Å². The van der Waals surface area contributed by atoms with E-state index in [4.69, 9.17) is 15.2 Å². The maximum atomic E-state index is 12.8. The maximum absolute atomic E-state index is 12.8. The van der Waals surface area contributed by atoms with Gasteiger partial charge < -0.3 is 20.5 Å². The predicted octanol–water partition coefficient (Wildman–Crippen LogP) is 0.233. The number of nitrogens with one attached hydrogen (secondary N) is 1. The molecule has 0 radical (unpaired) electrons. The molecule has 10 heteroatoms. The summed E-state index contributed by atoms with van der Waals surface area (Å²) in [7, 11) is 1.47. The number of primary amides is 1. The number of carbonyl (C=O) groups is 2. The second-order valence-corrected chi connectivity index (χ2v) is 5.92. The predicted molar refractivity (Wildman–Crippen MR) is 92.2 cm³/mol. The van der Waals surface area contributed by atoms with E-state index < -0.39 is 11.8 Å². The summed E-state index contributed by atoms with van der Waals surface area (Å²) in [5.74, 6) is -0.582. The highest BCUT2D eigenvalue weighted by Gasteiger charge is 2.28. The van der Waals surface area contributed by atoms with Gasteiger partial charge in [-0.1, -0.05) is 0 Å². The number of amides is 2. The minimum Gasteiger partial charge on any atom is -0.475 e. The van der Waals surface area contributed by atoms with Crippen molar-refractivity contribution in [3.63, 3.8) is 0 Å². The van der Waals surface area contributed by atoms with Crippen LogP contribution in [-0.4, -0.2) is 45.1 Å². The molecule has 138 valence electrons. The molecule has 27 heavy (non-hydrogen) atoms. The minimum atomic E-state index is -0.689. The van der Waals surface area contributed by atoms with Crippen LogP contribution >= 0.6 is 0 Å². The van der Waals surface area contributed by atoms with E-state index in [2.05, 4.69) is 20.4 Å². The van der Waals surface area contributed by atoms with E-state index in [1.165, 1.54) is 23.9 Å². The molecule has 1 atom stereocenters. The van der Waals surface area contributed by atoms with E-state index in [9.17, 15) is 9.59 Å². The fourth-order valence-electron chi connectivity index (χ4n) is 3.04. The van der Waals surface area contributed by atoms with Gasteiger partial charge in [-0.25, -0.2) is 14.5 Å². The van der Waals surface area contributed by atoms with Crippen LogP contribution in [-0.2, 0) is 11.3 Å². The molecule has 0 saturated heterocycles. The molecule has 0 aliphatic carbocycles. The molecule has 4 rings (SSSR count). The van der Waals surface area contributed by atoms with Gasteiger partial charge >= 0.3 is 0 Å². The molecular weight excluding hydrogens is 352 g/mol. The number of pyridine rings is 1. The molecule has 3 aromatic heterocycles. The van der Waals surface area contributed by atoms with Crippen LogP contribution in [0.2, 0.25) is 0 Å². The topological polar surface area (TPSA) is 134 Å². The number of carbonyl (C=O) groups excluding carboxylic acids is 2. The summed E-state index contributed by atoms with van der Waals surface area (Å²) in [6.07, 6.45) is 3.05. The third kappa shape index (κ3) is 2.85. The maximum Gasteiger partial charge on any atom is 0.270 e. The van der Waals surface area contributed by atoms with Crippen LogP contribution in [0.15, 0.2) is 30.6 Å². The van der Waals surface area contributed by atoms with Crippen LogP contribution in [0.4, 0.5) is 0 Å². The zero-order valence-corrected chi connectivity index (χ0v) is 14.4. The zero-order valence-electron chi connectivity index (χ0n) is 14.4. The number of hydrogen-bond donors (Lipinski definition) is 2. The Hall–Kier alpha value is -3.53. The van der Waals surface area contributed by atoms with Gasteiger partial charge in [-0.3, -0.25) is 9.59 Å². The Morgan fingerprint density at radius 2 is 2.22 bits per heavy atom. The van der Waals surface area contributed by atoms with Crippen molar-refractivity contribution in [3.05, 3.63) is 53.1 Å². The number of nitrogens with zero attached hydrogens (tertiary/aromatic N) is 4. The van der Waals surface area contributed by atoms with Crippen LogP contribution in [0, 0.1) is 0 Å². The summed E-state index contributed by atoms with van der Waals surface area (Å²) in [4.78, 5) is 32.9. The third-order valence-electron chi connectivity index (χ3n) is 4.22. The molecule has 0 saturated carbocycles. The van der Waals surface area contributed by atoms with Gasteiger partial charge in [0, 0.05) is 25.1 Å². The first kappa shape index (κ1) is 16.9. The zero-order chi connectivity index (χ0) is 19.0. The average Bonchev–Trinajstić information content (AvgIpc) is 3.23. The summed E-state index contributed by atoms with van der Waals surface area (Å²) in [5, 5.41) is 7.18. The fourth-order valence-corrected chi connectivity index (χ4v) is 3.04. The quantitative estimate of drug-likeness (QED) is 0.658. The molecule has 2 amide bonds. The van der Waals surface area contributed by atoms with Crippen molar-refractivity contribution in [2.24, 2.45) is 5.73 Å². The molecule has 1 unspecified atom stereocenters. The number of aromatic nitrogens is 4. The summed E-state index contributed by atoms with van der Waals surface area (Å²) in [6.45, 7) is 0.352. The third-order valence-corrected chi connectivity index (χ3v) is 4.22. The molecule has 0 fully saturated rings. The van der Waals surface area contributed by atoms with Crippen molar-refractivity contribution in [3.8, 4) is 5.88 Å². The number of fused-ring (bicyclic) bond motifs is 2. The molecule has 3 aromatic rings. The molecule has 3 N–H and O–H groups in total. The standard InChI is InChI=1S/C17H16N6O4/c1-26-7-11-13(14(18)24)15-19-6-4-12(23(15)22-11)16(25)21-10-8-27-17-9(10)3-2-5-20-17/h2-6,10H,7-8H2,1H3,(H2,18,24)(H,21,25). The molecular formula is C17H16N6O4. The second-order valence-electron chi connectivity index (χ2n) is 5.92. The lowest BCUT2D eigenvalue weighted by Crippen LogP contribution is -2.31. The van der Waals surface area contributed by atoms with Crippen LogP contribution in [0.1, 0.15) is 38.1 Å². The van der Waals surface area contributed by atoms with Gasteiger partial charge in [-0.2, -0.15) is 5.10 Å². The van der Waals surface area contributed by atoms with Crippen molar-refractivity contribution in [1.82, 2.24) is 24.9 Å². The van der Waals surface area contributed by atoms with Crippen molar-refractivity contribution in [2.45, 2.75) is 12.6 Å². The Morgan fingerprint density at radius 1 is 1.37 bits per heavy atom. The average molecular weight is 368 g/mol. The van der Waals surface area contributed by atoms with Gasteiger partial charge in [0.2, 0.25) is 5.88 Å². The highest BCUT2D eigenvalue weighted by molar-refractivity contribution is 6.01. The minimum absolute atomic E-state index is 0.0677. The first-order valence-corrected chi connectivity index (χ1v) is 8.14. The van der Waals surface area contributed by atoms with E-state index in [1.54, 1.807) is 12.3 Å². The van der Waals surface area contributed by atoms with E-state index >= 15 is 0 Å². The lowest BCUT2D eigenvalue weighted by atomic mass is 10.1. The first-order valence-electron chi connectivity index (χ1n) is 8.14. The van der Waals surface area contributed by atoms with Gasteiger partial charge in [-0.15, -0.1) is 0 Å². The lowest BCUT2D eigenvalue weighted by Gasteiger charge is -2.12. The Bertz CT molecular complexity index is 1050. The number of hydrogen-bond acceptors (Lipinski definition) is 7. The molecule has 1 aliphatic heterocycles. The van der Waals surface area contributed by atoms with Crippen molar-refractivity contribution >= 4 is 17.5 Å². The Balaban J connectivity index is 1.71. The largest absolute Gasteiger partial charge is 0.475 e. The van der Waals surface area contributed by atoms with Crippen molar-refractivity contribution < 1.29 is 19.1 Å². The molecule has 0 spiro atoms. The van der Waals surface area contributed by atoms with Crippen LogP contribution < -0.4 is 15.8 Å². The van der Waals surface area contributed by atoms with E-state index in [0.717, 1.165) is 5.56 Å². The monoisotopic (exact) mass is 368 g/mol. The second kappa shape index (κ2) is 6.65. The highest BCUT2D eigenvalue weighted by Crippen LogP contribution is 2.29. The smallest absolute Gasteiger partial charge is 0.270 e. The molecule has 4 heterocycles. The highest BCUT2D eigenvalue weighted by atomic mass is 16.5. The number of nitrogens with two attached hydrogens (primary N) is 1. The Labute approximate surface area is 153 Å². The van der Waals surface area contributed by atoms with Crippen LogP contribution in [0.5, 0.6) is 5.88 Å². The van der Waals surface area contributed by atoms with Gasteiger partial charge in [0.25, 0.3) is 11.8 Å². The van der Waals surface area contributed by atoms with Crippen molar-refractivity contribution in [2.75, 3.05) is 13.7 Å². The van der Waals surface area contributed by atoms with Gasteiger partial charge in [0.05, 0.1) is 12.6 Å². The summed E-state index contributed by atoms with van der Waals surface area (Å²) in [5.41, 5.74) is 7.11. The molecule has 0 bridgehead atoms. The van der Waals surface area contributed by atoms with Crippen LogP contribution in [0.3, 0.4) is 0 Å². The first-order chi connectivity index (χ1) is 13.1. The van der Waals surface area contributed by atoms with Crippen LogP contribution in [0.25, 0.3) is 5.65 Å². The number of rotatable bonds is 5. The van der Waals surface area contributed by atoms with Gasteiger partial charge in [-0.05, 0) is 18.2 Å². The Kier molecular flexibility index (Phi) is 4.16. The SMILES string of the molecule is COCc1nn2c(C(=O)NC3COc4ncccc43)ccnc2c1C(N)=O. The number of methoxy groups -OCH3 is 1. The van der Waals surface area contributed by atoms with E-state index in [-0.39, 0.29) is 36.2 Å². The van der Waals surface area contributed by atoms with E-state index in [0.29, 0.717) is 11.6 Å². The molecule has 1 aliphatic rings. The normalized spacial score (nSPS) is 15.4. The fraction of sp³-hybridized carbons (Fsp3) is 0.235. The number of ether oxygens (including phenoxy) is 2. The summed E-state index contributed by atoms with van der Waals surface area (Å²) >= 11 is 0. The van der Waals surface area contributed by atoms with Gasteiger partial charge in [0.15, 0.2) is 5.65 Å². The summed E-state index contributed by atoms with van der Waals surface area (Å²) in [6, 6.07) is 4.80. The van der Waals surface area contributed by atoms with E-state index in [1.807, 2.05) is 6.07 Å². The molecule has 10 nitrogen and oxygen atoms in total. The lowest BCUT2D eigenvalue weighted by molar-refractivity contribution is 0.0921. The van der Waals surface area contributed by atoms with Crippen molar-refractivity contribution in [1.29, 1.82) is 0 Å². The molecule has 0 aromatic carbocycles.